The van der Waals surface area contributed by atoms with Gasteiger partial charge in [-0.1, -0.05) is 275 Å². The summed E-state index contributed by atoms with van der Waals surface area (Å²) in [6.45, 7) is 4.91. The van der Waals surface area contributed by atoms with E-state index in [0.29, 0.717) is 17.4 Å². The maximum absolute atomic E-state index is 12.9. The number of carbonyl (C=O) groups excluding carboxylic acids is 2. The Morgan fingerprint density at radius 1 is 0.390 bits per heavy atom. The molecule has 77 heavy (non-hydrogen) atoms. The third kappa shape index (κ3) is 61.0. The quantitative estimate of drug-likeness (QED) is 0.0211. The Balaban J connectivity index is 4.02. The van der Waals surface area contributed by atoms with Gasteiger partial charge in [-0.3, -0.25) is 9.59 Å². The molecule has 0 saturated carbocycles. The molecule has 0 aromatic carbocycles. The van der Waals surface area contributed by atoms with Gasteiger partial charge in [0, 0.05) is 12.8 Å². The standard InChI is InChI=1S/C68H127NO8/c1-6-8-10-12-14-16-18-20-22-24-25-26-27-28-29-30-31-32-33-34-35-36-37-38-39-40-41-43-45-47-49-51-53-55-57-59-66(71)77-64(63-76-68(67(72)73)74-61-60-69(3,4)5)62-75-65(70)58-56-54-52-50-48-46-44-42-23-21-19-17-15-13-11-9-7-2/h18,20-21,23-25,64,68H,6-17,19,22,26-63H2,1-5H3/p+1/b20-18-,23-21-,25-24-. The van der Waals surface area contributed by atoms with E-state index >= 15 is 0 Å². The molecular weight excluding hydrogens is 959 g/mol. The first-order valence-corrected chi connectivity index (χ1v) is 33.2. The van der Waals surface area contributed by atoms with Gasteiger partial charge in [0.15, 0.2) is 6.10 Å². The Hall–Kier alpha value is -2.49. The minimum atomic E-state index is -1.51. The fraction of sp³-hybridized carbons (Fsp3) is 0.868. The van der Waals surface area contributed by atoms with Crippen LogP contribution in [-0.4, -0.2) is 87.4 Å². The monoisotopic (exact) mass is 1090 g/mol. The Labute approximate surface area is 477 Å². The van der Waals surface area contributed by atoms with E-state index in [4.69, 9.17) is 18.9 Å². The van der Waals surface area contributed by atoms with Crippen LogP contribution < -0.4 is 0 Å². The molecule has 0 rings (SSSR count). The summed E-state index contributed by atoms with van der Waals surface area (Å²) < 4.78 is 22.9. The molecule has 452 valence electrons. The number of aliphatic carboxylic acids is 1. The number of nitrogens with zero attached hydrogens (tertiary/aromatic N) is 1. The molecular formula is C68H128NO8+. The molecule has 9 nitrogen and oxygen atoms in total. The summed E-state index contributed by atoms with van der Waals surface area (Å²) in [5, 5.41) is 9.72. The van der Waals surface area contributed by atoms with E-state index < -0.39 is 18.4 Å². The second kappa shape index (κ2) is 59.6. The molecule has 2 unspecified atom stereocenters. The van der Waals surface area contributed by atoms with Crippen molar-refractivity contribution in [2.75, 3.05) is 47.5 Å². The predicted octanol–water partition coefficient (Wildman–Crippen LogP) is 20.0. The first kappa shape index (κ1) is 74.5. The highest BCUT2D eigenvalue weighted by Crippen LogP contribution is 2.18. The zero-order valence-electron chi connectivity index (χ0n) is 51.6. The van der Waals surface area contributed by atoms with Crippen molar-refractivity contribution in [2.24, 2.45) is 0 Å². The van der Waals surface area contributed by atoms with Crippen LogP contribution in [0.2, 0.25) is 0 Å². The zero-order valence-corrected chi connectivity index (χ0v) is 51.6. The number of ether oxygens (including phenoxy) is 4. The van der Waals surface area contributed by atoms with Crippen molar-refractivity contribution in [3.8, 4) is 0 Å². The molecule has 0 heterocycles. The van der Waals surface area contributed by atoms with Crippen molar-refractivity contribution in [3.05, 3.63) is 36.5 Å². The molecule has 0 aliphatic heterocycles. The molecule has 0 aliphatic carbocycles. The normalized spacial score (nSPS) is 12.9. The van der Waals surface area contributed by atoms with Crippen LogP contribution in [0.1, 0.15) is 322 Å². The first-order chi connectivity index (χ1) is 37.6. The third-order valence-corrected chi connectivity index (χ3v) is 14.9. The Kier molecular flexibility index (Phi) is 57.7. The van der Waals surface area contributed by atoms with Gasteiger partial charge in [-0.15, -0.1) is 0 Å². The molecule has 0 radical (unpaired) electrons. The number of unbranched alkanes of at least 4 members (excludes halogenated alkanes) is 41. The van der Waals surface area contributed by atoms with Crippen molar-refractivity contribution >= 4 is 17.9 Å². The van der Waals surface area contributed by atoms with Crippen molar-refractivity contribution in [3.63, 3.8) is 0 Å². The smallest absolute Gasteiger partial charge is 0.361 e. The van der Waals surface area contributed by atoms with E-state index in [1.807, 2.05) is 21.1 Å². The number of rotatable bonds is 62. The van der Waals surface area contributed by atoms with Gasteiger partial charge in [0.2, 0.25) is 0 Å². The van der Waals surface area contributed by atoms with Gasteiger partial charge in [-0.25, -0.2) is 4.79 Å². The summed E-state index contributed by atoms with van der Waals surface area (Å²) in [6, 6.07) is 0. The molecule has 0 fully saturated rings. The lowest BCUT2D eigenvalue weighted by Crippen LogP contribution is -2.40. The van der Waals surface area contributed by atoms with E-state index in [2.05, 4.69) is 50.3 Å². The molecule has 0 amide bonds. The molecule has 0 bridgehead atoms. The number of carboxylic acid groups (broad SMARTS) is 1. The molecule has 2 atom stereocenters. The molecule has 0 saturated heterocycles. The summed E-state index contributed by atoms with van der Waals surface area (Å²) in [7, 11) is 5.98. The highest BCUT2D eigenvalue weighted by Gasteiger charge is 2.25. The largest absolute Gasteiger partial charge is 0.477 e. The fourth-order valence-electron chi connectivity index (χ4n) is 9.75. The summed E-state index contributed by atoms with van der Waals surface area (Å²) in [5.41, 5.74) is 0. The number of carbonyl (C=O) groups is 3. The number of likely N-dealkylation sites (N-methyl/N-ethyl adjacent to an activating group) is 1. The summed E-state index contributed by atoms with van der Waals surface area (Å²) >= 11 is 0. The third-order valence-electron chi connectivity index (χ3n) is 14.9. The van der Waals surface area contributed by atoms with E-state index in [1.165, 1.54) is 250 Å². The highest BCUT2D eigenvalue weighted by atomic mass is 16.7. The van der Waals surface area contributed by atoms with Crippen molar-refractivity contribution in [1.29, 1.82) is 0 Å². The van der Waals surface area contributed by atoms with Crippen LogP contribution in [0.3, 0.4) is 0 Å². The maximum atomic E-state index is 12.9. The maximum Gasteiger partial charge on any atom is 0.361 e. The average Bonchev–Trinajstić information content (AvgIpc) is 3.40. The van der Waals surface area contributed by atoms with E-state index in [-0.39, 0.29) is 38.2 Å². The van der Waals surface area contributed by atoms with Crippen LogP contribution in [-0.2, 0) is 33.3 Å². The molecule has 0 aromatic heterocycles. The first-order valence-electron chi connectivity index (χ1n) is 33.2. The van der Waals surface area contributed by atoms with Gasteiger partial charge in [0.25, 0.3) is 6.29 Å². The highest BCUT2D eigenvalue weighted by molar-refractivity contribution is 5.71. The lowest BCUT2D eigenvalue weighted by molar-refractivity contribution is -0.870. The van der Waals surface area contributed by atoms with Crippen LogP contribution in [0, 0.1) is 0 Å². The Bertz CT molecular complexity index is 1360. The minimum absolute atomic E-state index is 0.180. The number of allylic oxidation sites excluding steroid dienone is 6. The Morgan fingerprint density at radius 2 is 0.701 bits per heavy atom. The van der Waals surface area contributed by atoms with Gasteiger partial charge in [-0.2, -0.15) is 0 Å². The number of quaternary nitrogens is 1. The topological polar surface area (TPSA) is 108 Å². The van der Waals surface area contributed by atoms with Crippen molar-refractivity contribution in [1.82, 2.24) is 0 Å². The summed E-state index contributed by atoms with van der Waals surface area (Å²) in [6.07, 6.45) is 71.1. The second-order valence-corrected chi connectivity index (χ2v) is 23.8. The molecule has 0 aliphatic rings. The second-order valence-electron chi connectivity index (χ2n) is 23.8. The summed E-state index contributed by atoms with van der Waals surface area (Å²) in [4.78, 5) is 37.5. The van der Waals surface area contributed by atoms with Crippen LogP contribution in [0.25, 0.3) is 0 Å². The van der Waals surface area contributed by atoms with Crippen LogP contribution in [0.4, 0.5) is 0 Å². The predicted molar refractivity (Wildman–Crippen MR) is 327 cm³/mol. The van der Waals surface area contributed by atoms with Crippen LogP contribution >= 0.6 is 0 Å². The molecule has 0 spiro atoms. The van der Waals surface area contributed by atoms with E-state index in [1.54, 1.807) is 0 Å². The lowest BCUT2D eigenvalue weighted by Gasteiger charge is -2.25. The molecule has 1 N–H and O–H groups in total. The van der Waals surface area contributed by atoms with E-state index in [0.717, 1.165) is 44.9 Å². The molecule has 9 heteroatoms. The minimum Gasteiger partial charge on any atom is -0.477 e. The van der Waals surface area contributed by atoms with E-state index in [9.17, 15) is 19.5 Å². The number of hydrogen-bond acceptors (Lipinski definition) is 7. The van der Waals surface area contributed by atoms with Crippen molar-refractivity contribution < 1.29 is 42.9 Å². The lowest BCUT2D eigenvalue weighted by atomic mass is 10.0. The number of esters is 2. The number of carboxylic acids is 1. The van der Waals surface area contributed by atoms with Gasteiger partial charge in [0.1, 0.15) is 13.2 Å². The summed E-state index contributed by atoms with van der Waals surface area (Å²) in [5.74, 6) is -1.99. The van der Waals surface area contributed by atoms with Crippen molar-refractivity contribution in [2.45, 2.75) is 334 Å². The number of hydrogen-bond donors (Lipinski definition) is 1. The Morgan fingerprint density at radius 3 is 1.04 bits per heavy atom. The van der Waals surface area contributed by atoms with Crippen LogP contribution in [0.5, 0.6) is 0 Å². The SMILES string of the molecule is CCCCCCC/C=C\C/C=C\CCCCCCCCCCCCCCCCCCCCCCCCCC(=O)OC(COC(=O)CCCCCCCCC/C=C\CCCCCCCC)COC(OCC[N+](C)(C)C)C(=O)O. The van der Waals surface area contributed by atoms with Gasteiger partial charge in [0.05, 0.1) is 34.4 Å². The van der Waals surface area contributed by atoms with Gasteiger partial charge >= 0.3 is 17.9 Å². The molecule has 0 aromatic rings. The zero-order chi connectivity index (χ0) is 56.2. The average molecular weight is 1090 g/mol. The fourth-order valence-corrected chi connectivity index (χ4v) is 9.75. The van der Waals surface area contributed by atoms with Gasteiger partial charge < -0.3 is 28.5 Å². The van der Waals surface area contributed by atoms with Gasteiger partial charge in [-0.05, 0) is 70.6 Å². The van der Waals surface area contributed by atoms with Crippen LogP contribution in [0.15, 0.2) is 36.5 Å².